The fraction of sp³-hybridized carbons (Fsp3) is 0.562. The second-order valence-electron chi connectivity index (χ2n) is 5.32. The van der Waals surface area contributed by atoms with Crippen molar-refractivity contribution in [3.05, 3.63) is 30.1 Å². The van der Waals surface area contributed by atoms with Crippen LogP contribution in [0.3, 0.4) is 0 Å². The molecule has 0 N–H and O–H groups in total. The average molecular weight is 294 g/mol. The molecule has 4 nitrogen and oxygen atoms in total. The van der Waals surface area contributed by atoms with Crippen LogP contribution in [0.25, 0.3) is 0 Å². The summed E-state index contributed by atoms with van der Waals surface area (Å²) in [5, 5.41) is 0. The second kappa shape index (κ2) is 7.41. The van der Waals surface area contributed by atoms with Crippen molar-refractivity contribution in [3.8, 4) is 5.75 Å². The summed E-state index contributed by atoms with van der Waals surface area (Å²) in [6, 6.07) is 6.10. The number of benzene rings is 1. The zero-order chi connectivity index (χ0) is 15.2. The SMILES string of the molecule is CCC(CC)N1CCN(C(=O)Oc2ccc(F)cc2)CC1. The molecule has 0 unspecified atom stereocenters. The maximum atomic E-state index is 12.8. The van der Waals surface area contributed by atoms with E-state index in [-0.39, 0.29) is 11.9 Å². The van der Waals surface area contributed by atoms with Crippen molar-refractivity contribution in [2.75, 3.05) is 26.2 Å². The Morgan fingerprint density at radius 3 is 2.24 bits per heavy atom. The number of hydrogen-bond acceptors (Lipinski definition) is 3. The largest absolute Gasteiger partial charge is 0.415 e. The molecular weight excluding hydrogens is 271 g/mol. The summed E-state index contributed by atoms with van der Waals surface area (Å²) in [4.78, 5) is 16.2. The Balaban J connectivity index is 1.84. The van der Waals surface area contributed by atoms with Crippen LogP contribution in [0, 0.1) is 5.82 Å². The van der Waals surface area contributed by atoms with Gasteiger partial charge in [0.15, 0.2) is 0 Å². The highest BCUT2D eigenvalue weighted by Crippen LogP contribution is 2.15. The molecule has 1 amide bonds. The summed E-state index contributed by atoms with van der Waals surface area (Å²) in [6.07, 6.45) is 1.92. The topological polar surface area (TPSA) is 32.8 Å². The molecule has 1 heterocycles. The van der Waals surface area contributed by atoms with Gasteiger partial charge in [0.05, 0.1) is 0 Å². The number of halogens is 1. The van der Waals surface area contributed by atoms with Crippen LogP contribution < -0.4 is 4.74 Å². The molecule has 0 aromatic heterocycles. The van der Waals surface area contributed by atoms with Crippen molar-refractivity contribution in [1.82, 2.24) is 9.80 Å². The van der Waals surface area contributed by atoms with Crippen molar-refractivity contribution in [1.29, 1.82) is 0 Å². The van der Waals surface area contributed by atoms with Crippen LogP contribution >= 0.6 is 0 Å². The summed E-state index contributed by atoms with van der Waals surface area (Å²) in [5.74, 6) is 0.0393. The highest BCUT2D eigenvalue weighted by Gasteiger charge is 2.25. The lowest BCUT2D eigenvalue weighted by atomic mass is 10.1. The molecule has 5 heteroatoms. The van der Waals surface area contributed by atoms with Crippen LogP contribution in [0.5, 0.6) is 5.75 Å². The summed E-state index contributed by atoms with van der Waals surface area (Å²) in [7, 11) is 0. The van der Waals surface area contributed by atoms with Crippen LogP contribution in [-0.2, 0) is 0 Å². The Morgan fingerprint density at radius 2 is 1.71 bits per heavy atom. The van der Waals surface area contributed by atoms with Gasteiger partial charge in [-0.3, -0.25) is 4.90 Å². The van der Waals surface area contributed by atoms with Gasteiger partial charge in [-0.2, -0.15) is 0 Å². The van der Waals surface area contributed by atoms with Crippen molar-refractivity contribution in [2.24, 2.45) is 0 Å². The third-order valence-corrected chi connectivity index (χ3v) is 4.05. The third kappa shape index (κ3) is 4.17. The molecule has 0 bridgehead atoms. The first-order valence-corrected chi connectivity index (χ1v) is 7.60. The van der Waals surface area contributed by atoms with Gasteiger partial charge in [-0.05, 0) is 37.1 Å². The van der Waals surface area contributed by atoms with Crippen molar-refractivity contribution >= 4 is 6.09 Å². The van der Waals surface area contributed by atoms with E-state index in [4.69, 9.17) is 4.74 Å². The van der Waals surface area contributed by atoms with E-state index < -0.39 is 0 Å². The van der Waals surface area contributed by atoms with Crippen molar-refractivity contribution in [2.45, 2.75) is 32.7 Å². The van der Waals surface area contributed by atoms with Gasteiger partial charge in [0.2, 0.25) is 0 Å². The molecule has 0 spiro atoms. The van der Waals surface area contributed by atoms with E-state index >= 15 is 0 Å². The predicted molar refractivity (Wildman–Crippen MR) is 79.9 cm³/mol. The summed E-state index contributed by atoms with van der Waals surface area (Å²) in [5.41, 5.74) is 0. The first-order valence-electron chi connectivity index (χ1n) is 7.60. The molecule has 1 aliphatic rings. The minimum atomic E-state index is -0.356. The fourth-order valence-corrected chi connectivity index (χ4v) is 2.74. The van der Waals surface area contributed by atoms with Gasteiger partial charge in [-0.1, -0.05) is 13.8 Å². The van der Waals surface area contributed by atoms with Crippen molar-refractivity contribution < 1.29 is 13.9 Å². The van der Waals surface area contributed by atoms with E-state index in [1.165, 1.54) is 24.3 Å². The minimum absolute atomic E-state index is 0.339. The average Bonchev–Trinajstić information content (AvgIpc) is 2.51. The van der Waals surface area contributed by atoms with E-state index in [0.29, 0.717) is 24.9 Å². The number of rotatable bonds is 4. The number of ether oxygens (including phenoxy) is 1. The highest BCUT2D eigenvalue weighted by atomic mass is 19.1. The van der Waals surface area contributed by atoms with E-state index in [1.807, 2.05) is 0 Å². The molecule has 1 aromatic rings. The maximum absolute atomic E-state index is 12.8. The van der Waals surface area contributed by atoms with E-state index in [1.54, 1.807) is 4.90 Å². The molecule has 2 rings (SSSR count). The number of carbonyl (C=O) groups excluding carboxylic acids is 1. The summed E-state index contributed by atoms with van der Waals surface area (Å²) >= 11 is 0. The molecule has 0 atom stereocenters. The first kappa shape index (κ1) is 15.8. The zero-order valence-electron chi connectivity index (χ0n) is 12.7. The van der Waals surface area contributed by atoms with Gasteiger partial charge < -0.3 is 9.64 Å². The monoisotopic (exact) mass is 294 g/mol. The van der Waals surface area contributed by atoms with Gasteiger partial charge in [0.1, 0.15) is 11.6 Å². The molecule has 1 aliphatic heterocycles. The zero-order valence-corrected chi connectivity index (χ0v) is 12.7. The fourth-order valence-electron chi connectivity index (χ4n) is 2.74. The Labute approximate surface area is 125 Å². The minimum Gasteiger partial charge on any atom is -0.410 e. The number of piperazine rings is 1. The molecule has 116 valence electrons. The number of carbonyl (C=O) groups is 1. The Bertz CT molecular complexity index is 452. The van der Waals surface area contributed by atoms with Gasteiger partial charge in [0.25, 0.3) is 0 Å². The van der Waals surface area contributed by atoms with Gasteiger partial charge >= 0.3 is 6.09 Å². The standard InChI is InChI=1S/C16H23FN2O2/c1-3-14(4-2)18-9-11-19(12-10-18)16(20)21-15-7-5-13(17)6-8-15/h5-8,14H,3-4,9-12H2,1-2H3. The molecular formula is C16H23FN2O2. The molecule has 0 radical (unpaired) electrons. The van der Waals surface area contributed by atoms with Crippen molar-refractivity contribution in [3.63, 3.8) is 0 Å². The van der Waals surface area contributed by atoms with Crippen LogP contribution in [-0.4, -0.2) is 48.1 Å². The van der Waals surface area contributed by atoms with Gasteiger partial charge in [-0.15, -0.1) is 0 Å². The number of hydrogen-bond donors (Lipinski definition) is 0. The quantitative estimate of drug-likeness (QED) is 0.855. The van der Waals surface area contributed by atoms with Crippen LogP contribution in [0.4, 0.5) is 9.18 Å². The molecule has 1 fully saturated rings. The van der Waals surface area contributed by atoms with E-state index in [2.05, 4.69) is 18.7 Å². The smallest absolute Gasteiger partial charge is 0.410 e. The second-order valence-corrected chi connectivity index (χ2v) is 5.32. The Kier molecular flexibility index (Phi) is 5.56. The predicted octanol–water partition coefficient (Wildman–Crippen LogP) is 3.13. The molecule has 1 aromatic carbocycles. The van der Waals surface area contributed by atoms with Crippen LogP contribution in [0.15, 0.2) is 24.3 Å². The lowest BCUT2D eigenvalue weighted by Gasteiger charge is -2.38. The van der Waals surface area contributed by atoms with E-state index in [0.717, 1.165) is 25.9 Å². The number of nitrogens with zero attached hydrogens (tertiary/aromatic N) is 2. The molecule has 21 heavy (non-hydrogen) atoms. The summed E-state index contributed by atoms with van der Waals surface area (Å²) < 4.78 is 18.1. The maximum Gasteiger partial charge on any atom is 0.415 e. The molecule has 1 saturated heterocycles. The highest BCUT2D eigenvalue weighted by molar-refractivity contribution is 5.70. The molecule has 0 saturated carbocycles. The number of amides is 1. The molecule has 0 aliphatic carbocycles. The Hall–Kier alpha value is -1.62. The first-order chi connectivity index (χ1) is 10.1. The lowest BCUT2D eigenvalue weighted by Crippen LogP contribution is -2.52. The van der Waals surface area contributed by atoms with Crippen LogP contribution in [0.2, 0.25) is 0 Å². The third-order valence-electron chi connectivity index (χ3n) is 4.05. The Morgan fingerprint density at radius 1 is 1.14 bits per heavy atom. The summed E-state index contributed by atoms with van der Waals surface area (Å²) in [6.45, 7) is 7.51. The lowest BCUT2D eigenvalue weighted by molar-refractivity contribution is 0.0860. The normalized spacial score (nSPS) is 16.3. The van der Waals surface area contributed by atoms with Gasteiger partial charge in [-0.25, -0.2) is 9.18 Å². The van der Waals surface area contributed by atoms with Gasteiger partial charge in [0, 0.05) is 32.2 Å². The van der Waals surface area contributed by atoms with E-state index in [9.17, 15) is 9.18 Å². The van der Waals surface area contributed by atoms with Crippen LogP contribution in [0.1, 0.15) is 26.7 Å².